The first-order valence-electron chi connectivity index (χ1n) is 3.75. The molecule has 0 bridgehead atoms. The van der Waals surface area contributed by atoms with Crippen molar-refractivity contribution in [3.63, 3.8) is 0 Å². The summed E-state index contributed by atoms with van der Waals surface area (Å²) in [7, 11) is 0. The Morgan fingerprint density at radius 2 is 1.25 bits per heavy atom. The summed E-state index contributed by atoms with van der Waals surface area (Å²) in [5.74, 6) is -8.64. The molecule has 0 rings (SSSR count). The quantitative estimate of drug-likeness (QED) is 0.788. The van der Waals surface area contributed by atoms with Gasteiger partial charge >= 0.3 is 18.1 Å². The van der Waals surface area contributed by atoms with Crippen LogP contribution in [0.5, 0.6) is 0 Å². The molecule has 0 fully saturated rings. The van der Waals surface area contributed by atoms with E-state index in [0.29, 0.717) is 0 Å². The molecule has 2 atom stereocenters. The number of hydrogen-bond acceptors (Lipinski definition) is 1. The number of carboxylic acids is 1. The number of carboxylic acid groups (broad SMARTS) is 1. The van der Waals surface area contributed by atoms with Gasteiger partial charge in [-0.05, 0) is 13.8 Å². The zero-order chi connectivity index (χ0) is 13.6. The molecule has 0 aromatic carbocycles. The molecule has 9 heteroatoms. The number of aliphatic carboxylic acids is 1. The molecule has 0 aliphatic carbocycles. The van der Waals surface area contributed by atoms with Gasteiger partial charge in [-0.15, -0.1) is 0 Å². The van der Waals surface area contributed by atoms with Crippen LogP contribution in [-0.2, 0) is 4.79 Å². The molecule has 96 valence electrons. The highest BCUT2D eigenvalue weighted by Gasteiger charge is 2.77. The first-order chi connectivity index (χ1) is 6.69. The van der Waals surface area contributed by atoms with Gasteiger partial charge in [-0.25, -0.2) is 13.6 Å². The van der Waals surface area contributed by atoms with Crippen molar-refractivity contribution in [1.29, 1.82) is 0 Å². The fraction of sp³-hybridized carbons (Fsp3) is 0.857. The largest absolute Gasteiger partial charge is 0.479 e. The first kappa shape index (κ1) is 15.0. The van der Waals surface area contributed by atoms with Crippen LogP contribution in [0, 0.1) is 0 Å². The molecule has 0 aromatic heterocycles. The standard InChI is InChI=1S/C7H7F7O2/c1-4(8,3(15)16)6(10,11)5(2,9)7(12,13)14/h1-2H3,(H,15,16). The Bertz CT molecular complexity index is 292. The first-order valence-corrected chi connectivity index (χ1v) is 3.75. The number of rotatable bonds is 3. The zero-order valence-corrected chi connectivity index (χ0v) is 8.00. The minimum absolute atomic E-state index is 0.334. The molecule has 0 aromatic rings. The van der Waals surface area contributed by atoms with E-state index in [1.807, 2.05) is 0 Å². The van der Waals surface area contributed by atoms with Crippen LogP contribution in [-0.4, -0.2) is 34.5 Å². The van der Waals surface area contributed by atoms with Gasteiger partial charge < -0.3 is 5.11 Å². The molecular weight excluding hydrogens is 249 g/mol. The van der Waals surface area contributed by atoms with Gasteiger partial charge in [0.2, 0.25) is 0 Å². The van der Waals surface area contributed by atoms with Crippen molar-refractivity contribution in [3.05, 3.63) is 0 Å². The number of alkyl halides is 7. The SMILES string of the molecule is CC(F)(C(=O)O)C(F)(F)C(C)(F)C(F)(F)F. The van der Waals surface area contributed by atoms with E-state index in [1.54, 1.807) is 0 Å². The van der Waals surface area contributed by atoms with Crippen LogP contribution in [0.2, 0.25) is 0 Å². The number of carbonyl (C=O) groups is 1. The number of hydrogen-bond donors (Lipinski definition) is 1. The van der Waals surface area contributed by atoms with E-state index in [9.17, 15) is 35.5 Å². The van der Waals surface area contributed by atoms with Gasteiger partial charge in [-0.3, -0.25) is 0 Å². The fourth-order valence-electron chi connectivity index (χ4n) is 0.753. The van der Waals surface area contributed by atoms with Gasteiger partial charge in [0.15, 0.2) is 0 Å². The van der Waals surface area contributed by atoms with Crippen LogP contribution in [0.25, 0.3) is 0 Å². The molecule has 0 heterocycles. The van der Waals surface area contributed by atoms with E-state index >= 15 is 0 Å². The second-order valence-corrected chi connectivity index (χ2v) is 3.38. The van der Waals surface area contributed by atoms with E-state index in [-0.39, 0.29) is 6.92 Å². The van der Waals surface area contributed by atoms with Gasteiger partial charge in [0.25, 0.3) is 11.3 Å². The lowest BCUT2D eigenvalue weighted by Crippen LogP contribution is -2.64. The molecule has 2 nitrogen and oxygen atoms in total. The Hall–Kier alpha value is -1.02. The molecule has 1 N–H and O–H groups in total. The minimum Gasteiger partial charge on any atom is -0.479 e. The van der Waals surface area contributed by atoms with Gasteiger partial charge in [0.1, 0.15) is 0 Å². The van der Waals surface area contributed by atoms with Crippen LogP contribution in [0.4, 0.5) is 30.7 Å². The third kappa shape index (κ3) is 1.82. The third-order valence-corrected chi connectivity index (χ3v) is 2.11. The molecular formula is C7H7F7O2. The summed E-state index contributed by atoms with van der Waals surface area (Å²) in [5.41, 5.74) is -9.96. The molecule has 0 amide bonds. The third-order valence-electron chi connectivity index (χ3n) is 2.11. The van der Waals surface area contributed by atoms with Crippen LogP contribution in [0.3, 0.4) is 0 Å². The second-order valence-electron chi connectivity index (χ2n) is 3.38. The lowest BCUT2D eigenvalue weighted by molar-refractivity contribution is -0.320. The van der Waals surface area contributed by atoms with Gasteiger partial charge in [-0.2, -0.15) is 22.0 Å². The summed E-state index contributed by atoms with van der Waals surface area (Å²) in [4.78, 5) is 10.1. The Morgan fingerprint density at radius 3 is 1.44 bits per heavy atom. The zero-order valence-electron chi connectivity index (χ0n) is 8.00. The minimum atomic E-state index is -6.10. The molecule has 0 aliphatic rings. The lowest BCUT2D eigenvalue weighted by Gasteiger charge is -2.36. The summed E-state index contributed by atoms with van der Waals surface area (Å²) < 4.78 is 87.3. The molecule has 2 unspecified atom stereocenters. The summed E-state index contributed by atoms with van der Waals surface area (Å²) >= 11 is 0. The average molecular weight is 256 g/mol. The van der Waals surface area contributed by atoms with E-state index in [1.165, 1.54) is 0 Å². The maximum absolute atomic E-state index is 12.9. The van der Waals surface area contributed by atoms with Crippen molar-refractivity contribution in [2.75, 3.05) is 0 Å². The predicted octanol–water partition coefficient (Wildman–Crippen LogP) is 2.73. The molecule has 0 saturated carbocycles. The van der Waals surface area contributed by atoms with Crippen molar-refractivity contribution in [2.45, 2.75) is 37.3 Å². The van der Waals surface area contributed by atoms with Crippen LogP contribution in [0.1, 0.15) is 13.8 Å². The van der Waals surface area contributed by atoms with Crippen LogP contribution < -0.4 is 0 Å². The highest BCUT2D eigenvalue weighted by atomic mass is 19.4. The molecule has 0 aliphatic heterocycles. The van der Waals surface area contributed by atoms with E-state index < -0.39 is 36.3 Å². The van der Waals surface area contributed by atoms with Crippen molar-refractivity contribution in [2.24, 2.45) is 0 Å². The Labute approximate surface area is 85.0 Å². The Morgan fingerprint density at radius 1 is 0.938 bits per heavy atom. The average Bonchev–Trinajstić information content (AvgIpc) is 2.00. The predicted molar refractivity (Wildman–Crippen MR) is 37.7 cm³/mol. The maximum Gasteiger partial charge on any atom is 0.428 e. The van der Waals surface area contributed by atoms with E-state index in [0.717, 1.165) is 0 Å². The maximum atomic E-state index is 12.9. The van der Waals surface area contributed by atoms with Gasteiger partial charge in [-0.1, -0.05) is 0 Å². The summed E-state index contributed by atoms with van der Waals surface area (Å²) in [5, 5.41) is 8.02. The summed E-state index contributed by atoms with van der Waals surface area (Å²) in [6, 6.07) is 0. The Balaban J connectivity index is 5.62. The second kappa shape index (κ2) is 3.49. The number of halogens is 7. The van der Waals surface area contributed by atoms with Gasteiger partial charge in [0.05, 0.1) is 0 Å². The van der Waals surface area contributed by atoms with Crippen molar-refractivity contribution in [1.82, 2.24) is 0 Å². The normalized spacial score (nSPS) is 21.1. The van der Waals surface area contributed by atoms with Crippen molar-refractivity contribution >= 4 is 5.97 Å². The lowest BCUT2D eigenvalue weighted by atomic mass is 9.86. The summed E-state index contributed by atoms with van der Waals surface area (Å²) in [6.45, 7) is -0.952. The smallest absolute Gasteiger partial charge is 0.428 e. The van der Waals surface area contributed by atoms with E-state index in [2.05, 4.69) is 0 Å². The van der Waals surface area contributed by atoms with Crippen LogP contribution in [0.15, 0.2) is 0 Å². The van der Waals surface area contributed by atoms with Crippen molar-refractivity contribution < 1.29 is 40.6 Å². The monoisotopic (exact) mass is 256 g/mol. The summed E-state index contributed by atoms with van der Waals surface area (Å²) in [6.07, 6.45) is -6.10. The molecule has 0 saturated heterocycles. The fourth-order valence-corrected chi connectivity index (χ4v) is 0.753. The highest BCUT2D eigenvalue weighted by molar-refractivity contribution is 5.78. The van der Waals surface area contributed by atoms with Gasteiger partial charge in [0, 0.05) is 0 Å². The van der Waals surface area contributed by atoms with Crippen molar-refractivity contribution in [3.8, 4) is 0 Å². The molecule has 0 spiro atoms. The Kier molecular flexibility index (Phi) is 3.27. The highest BCUT2D eigenvalue weighted by Crippen LogP contribution is 2.51. The van der Waals surface area contributed by atoms with E-state index in [4.69, 9.17) is 5.11 Å². The molecule has 0 radical (unpaired) electrons. The topological polar surface area (TPSA) is 37.3 Å². The van der Waals surface area contributed by atoms with Crippen LogP contribution >= 0.6 is 0 Å². The molecule has 16 heavy (non-hydrogen) atoms.